The van der Waals surface area contributed by atoms with E-state index in [0.717, 1.165) is 16.0 Å². The van der Waals surface area contributed by atoms with Gasteiger partial charge in [-0.1, -0.05) is 77.5 Å². The molecule has 3 aliphatic heterocycles. The second kappa shape index (κ2) is 37.4. The van der Waals surface area contributed by atoms with Crippen molar-refractivity contribution in [2.24, 2.45) is 11.7 Å². The molecule has 0 unspecified atom stereocenters. The third-order valence-corrected chi connectivity index (χ3v) is 22.3. The summed E-state index contributed by atoms with van der Waals surface area (Å²) in [5, 5.41) is 26.3. The van der Waals surface area contributed by atoms with Gasteiger partial charge in [0.25, 0.3) is 23.6 Å². The van der Waals surface area contributed by atoms with Crippen molar-refractivity contribution in [2.75, 3.05) is 82.8 Å². The molecule has 28 nitrogen and oxygen atoms in total. The molecule has 3 aromatic rings. The monoisotopic (exact) mass is 1440 g/mol. The Morgan fingerprint density at radius 3 is 1.74 bits per heavy atom. The van der Waals surface area contributed by atoms with Crippen molar-refractivity contribution >= 4 is 84.9 Å². The highest BCUT2D eigenvalue weighted by molar-refractivity contribution is 6.74. The average Bonchev–Trinajstić information content (AvgIpc) is 1.11. The van der Waals surface area contributed by atoms with E-state index in [9.17, 15) is 53.1 Å². The molecule has 0 radical (unpaired) electrons. The zero-order valence-corrected chi connectivity index (χ0v) is 62.0. The lowest BCUT2D eigenvalue weighted by Gasteiger charge is -2.38. The maximum absolute atomic E-state index is 14.9. The van der Waals surface area contributed by atoms with Crippen LogP contribution >= 0.6 is 0 Å². The molecule has 3 aromatic carbocycles. The van der Waals surface area contributed by atoms with E-state index in [1.807, 2.05) is 0 Å². The molecule has 102 heavy (non-hydrogen) atoms. The third kappa shape index (κ3) is 24.1. The van der Waals surface area contributed by atoms with Crippen LogP contribution in [0.3, 0.4) is 0 Å². The molecule has 3 aliphatic rings. The predicted molar refractivity (Wildman–Crippen MR) is 387 cm³/mol. The fraction of sp³-hybridized carbons (Fsp3) is 0.534. The Morgan fingerprint density at radius 1 is 0.676 bits per heavy atom. The summed E-state index contributed by atoms with van der Waals surface area (Å²) in [5.41, 5.74) is 7.27. The molecule has 9 N–H and O–H groups in total. The Bertz CT molecular complexity index is 3550. The van der Waals surface area contributed by atoms with Crippen LogP contribution in [0.25, 0.3) is 0 Å². The van der Waals surface area contributed by atoms with Gasteiger partial charge in [-0.25, -0.2) is 14.4 Å². The van der Waals surface area contributed by atoms with Crippen molar-refractivity contribution < 1.29 is 85.9 Å². The first-order chi connectivity index (χ1) is 48.1. The van der Waals surface area contributed by atoms with Crippen LogP contribution in [0.1, 0.15) is 152 Å². The van der Waals surface area contributed by atoms with Gasteiger partial charge in [0.2, 0.25) is 17.7 Å². The molecule has 29 heteroatoms. The molecule has 0 aliphatic carbocycles. The molecule has 2 fully saturated rings. The maximum atomic E-state index is 14.9. The normalized spacial score (nSPS) is 16.0. The number of nitrogens with two attached hydrogens (primary N) is 1. The number of benzene rings is 3. The number of hydrogen-bond donors (Lipinski definition) is 8. The van der Waals surface area contributed by atoms with Crippen LogP contribution in [0, 0.1) is 5.92 Å². The summed E-state index contributed by atoms with van der Waals surface area (Å²) in [7, 11) is 0.626. The topological polar surface area (TPSA) is 363 Å². The first kappa shape index (κ1) is 81.5. The van der Waals surface area contributed by atoms with Gasteiger partial charge in [-0.2, -0.15) is 0 Å². The lowest BCUT2D eigenvalue weighted by atomic mass is 10.0. The smallest absolute Gasteiger partial charge is 0.412 e. The van der Waals surface area contributed by atoms with Crippen LogP contribution in [0.15, 0.2) is 85.0 Å². The highest BCUT2D eigenvalue weighted by Gasteiger charge is 2.41. The standard InChI is InChI=1S/C73H104N10O18Si/c1-45(2)64(80-61(85)23-17-15-18-31-81-62(86)28-29-63(81)87)66(89)77-54(22-21-30-75-69(74)92)65(88)76-49-26-24-48(25-27-49)43-99-70(93)78-55-38-59(57(95-11)36-52(55)68(91)83-41-47(4)35-51(83)44-100-102(13,14)73(8,9)10)97-32-19-16-20-33-98-60-39-56(79-71(94)101-72(5,6)7)53(37-58(60)96-12)67(90)82-40-46(3)34-50(82)42-84/h24-29,36-39,45,50-51,54,64,84H,3-4,15-23,30-35,40-44H2,1-2,5-14H3,(H,76,88)(H,77,89)(H,78,93)(H,79,94)(H,80,85)(H3,74,75,92)/t50-,51-,54-,64-/m0/s1. The van der Waals surface area contributed by atoms with E-state index in [1.165, 1.54) is 55.5 Å². The number of aliphatic hydroxyl groups is 1. The summed E-state index contributed by atoms with van der Waals surface area (Å²) < 4.78 is 41.9. The minimum absolute atomic E-state index is 0.0714. The van der Waals surface area contributed by atoms with Gasteiger partial charge < -0.3 is 74.8 Å². The number of nitrogens with one attached hydrogen (secondary N) is 6. The number of hydrogen-bond acceptors (Lipinski definition) is 18. The largest absolute Gasteiger partial charge is 0.493 e. The third-order valence-electron chi connectivity index (χ3n) is 17.8. The van der Waals surface area contributed by atoms with Gasteiger partial charge in [0, 0.05) is 62.6 Å². The van der Waals surface area contributed by atoms with Gasteiger partial charge in [0.1, 0.15) is 24.3 Å². The van der Waals surface area contributed by atoms with E-state index in [0.29, 0.717) is 62.6 Å². The number of ether oxygens (including phenoxy) is 6. The first-order valence-electron chi connectivity index (χ1n) is 34.5. The van der Waals surface area contributed by atoms with Crippen LogP contribution in [-0.4, -0.2) is 184 Å². The van der Waals surface area contributed by atoms with Crippen molar-refractivity contribution in [1.82, 2.24) is 30.7 Å². The number of primary amides is 1. The number of rotatable bonds is 36. The molecular weight excluding hydrogens is 1330 g/mol. The van der Waals surface area contributed by atoms with Gasteiger partial charge in [0.15, 0.2) is 31.3 Å². The number of carbonyl (C=O) groups excluding carboxylic acids is 10. The highest BCUT2D eigenvalue weighted by Crippen LogP contribution is 2.40. The molecule has 4 atom stereocenters. The number of imide groups is 1. The molecule has 0 spiro atoms. The van der Waals surface area contributed by atoms with Crippen molar-refractivity contribution in [3.8, 4) is 23.0 Å². The number of urea groups is 1. The van der Waals surface area contributed by atoms with Gasteiger partial charge in [-0.3, -0.25) is 49.1 Å². The van der Waals surface area contributed by atoms with E-state index in [4.69, 9.17) is 38.6 Å². The Morgan fingerprint density at radius 2 is 1.22 bits per heavy atom. The number of methoxy groups -OCH3 is 2. The Hall–Kier alpha value is -9.48. The molecular formula is C73H104N10O18Si. The molecule has 0 aromatic heterocycles. The zero-order chi connectivity index (χ0) is 75.2. The van der Waals surface area contributed by atoms with Crippen LogP contribution in [0.5, 0.6) is 23.0 Å². The van der Waals surface area contributed by atoms with E-state index < -0.39 is 79.8 Å². The van der Waals surface area contributed by atoms with E-state index in [2.05, 4.69) is 78.9 Å². The van der Waals surface area contributed by atoms with Crippen LogP contribution in [0.2, 0.25) is 18.1 Å². The number of aliphatic hydroxyl groups excluding tert-OH is 1. The minimum Gasteiger partial charge on any atom is -0.493 e. The summed E-state index contributed by atoms with van der Waals surface area (Å²) in [4.78, 5) is 136. The molecule has 0 saturated carbocycles. The Kier molecular flexibility index (Phi) is 29.9. The minimum atomic E-state index is -2.25. The van der Waals surface area contributed by atoms with Crippen molar-refractivity contribution in [1.29, 1.82) is 0 Å². The quantitative estimate of drug-likeness (QED) is 0.0116. The molecule has 3 heterocycles. The maximum Gasteiger partial charge on any atom is 0.412 e. The molecule has 6 rings (SSSR count). The summed E-state index contributed by atoms with van der Waals surface area (Å²) in [5.74, 6) is -2.67. The molecule has 558 valence electrons. The lowest BCUT2D eigenvalue weighted by Crippen LogP contribution is -2.54. The Labute approximate surface area is 598 Å². The average molecular weight is 1440 g/mol. The summed E-state index contributed by atoms with van der Waals surface area (Å²) in [6, 6.07) is 8.66. The van der Waals surface area contributed by atoms with Crippen molar-refractivity contribution in [2.45, 2.75) is 181 Å². The number of likely N-dealkylation sites (tertiary alicyclic amines) is 2. The molecule has 11 amide bonds. The van der Waals surface area contributed by atoms with Gasteiger partial charge in [-0.15, -0.1) is 0 Å². The van der Waals surface area contributed by atoms with E-state index in [1.54, 1.807) is 63.8 Å². The van der Waals surface area contributed by atoms with Crippen molar-refractivity contribution in [3.05, 3.63) is 102 Å². The molecule has 0 bridgehead atoms. The second-order valence-corrected chi connectivity index (χ2v) is 33.3. The number of amides is 11. The summed E-state index contributed by atoms with van der Waals surface area (Å²) in [6.07, 6.45) is 5.21. The molecule has 2 saturated heterocycles. The van der Waals surface area contributed by atoms with Crippen LogP contribution < -0.4 is 56.6 Å². The summed E-state index contributed by atoms with van der Waals surface area (Å²) in [6.45, 7) is 28.5. The number of carbonyl (C=O) groups is 10. The van der Waals surface area contributed by atoms with E-state index in [-0.39, 0.29) is 153 Å². The second-order valence-electron chi connectivity index (χ2n) is 28.5. The summed E-state index contributed by atoms with van der Waals surface area (Å²) >= 11 is 0. The highest BCUT2D eigenvalue weighted by atomic mass is 28.4. The predicted octanol–water partition coefficient (Wildman–Crippen LogP) is 9.48. The van der Waals surface area contributed by atoms with Gasteiger partial charge in [0.05, 0.1) is 75.2 Å². The van der Waals surface area contributed by atoms with Crippen LogP contribution in [-0.2, 0) is 44.5 Å². The fourth-order valence-electron chi connectivity index (χ4n) is 11.2. The van der Waals surface area contributed by atoms with Gasteiger partial charge >= 0.3 is 18.2 Å². The number of unbranched alkanes of at least 4 members (excludes halogenated alkanes) is 4. The Balaban J connectivity index is 1.12. The van der Waals surface area contributed by atoms with Crippen molar-refractivity contribution in [3.63, 3.8) is 0 Å². The van der Waals surface area contributed by atoms with Gasteiger partial charge in [-0.05, 0) is 132 Å². The SMILES string of the molecule is C=C1C[C@@H](CO[Si](C)(C)C(C)(C)C)N(C(=O)c2cc(OC)c(OCCCCCOc3cc(NC(=O)OC(C)(C)C)c(C(=O)N4CC(=C)C[C@H]4CO)cc3OC)cc2NC(=O)OCc2ccc(NC(=O)[C@H](CCCNC(N)=O)NC(=O)[C@@H](NC(=O)CCCCCN3C(=O)C=CC3=O)C(C)C)cc2)C1. The number of anilines is 3. The van der Waals surface area contributed by atoms with Crippen LogP contribution in [0.4, 0.5) is 31.4 Å². The lowest BCUT2D eigenvalue weighted by molar-refractivity contribution is -0.137. The first-order valence-corrected chi connectivity index (χ1v) is 37.4. The van der Waals surface area contributed by atoms with E-state index >= 15 is 0 Å². The number of nitrogens with zero attached hydrogens (tertiary/aromatic N) is 3. The zero-order valence-electron chi connectivity index (χ0n) is 61.0. The fourth-order valence-corrected chi connectivity index (χ4v) is 12.2.